The molecule has 2 aromatic rings. The number of sulfonamides is 1. The van der Waals surface area contributed by atoms with Gasteiger partial charge in [0.2, 0.25) is 0 Å². The van der Waals surface area contributed by atoms with Gasteiger partial charge in [0, 0.05) is 29.6 Å². The first-order valence-electron chi connectivity index (χ1n) is 11.8. The molecule has 188 valence electrons. The van der Waals surface area contributed by atoms with E-state index in [1.807, 2.05) is 0 Å². The summed E-state index contributed by atoms with van der Waals surface area (Å²) >= 11 is 7.43. The molecule has 34 heavy (non-hydrogen) atoms. The Morgan fingerprint density at radius 2 is 1.97 bits per heavy atom. The number of ether oxygens (including phenoxy) is 1. The molecule has 1 saturated heterocycles. The van der Waals surface area contributed by atoms with Crippen LogP contribution in [0.3, 0.4) is 0 Å². The second-order valence-electron chi connectivity index (χ2n) is 8.46. The van der Waals surface area contributed by atoms with E-state index < -0.39 is 10.0 Å². The van der Waals surface area contributed by atoms with Crippen LogP contribution in [0.2, 0.25) is 5.02 Å². The molecule has 1 amide bonds. The fourth-order valence-electron chi connectivity index (χ4n) is 3.97. The van der Waals surface area contributed by atoms with E-state index >= 15 is 0 Å². The van der Waals surface area contributed by atoms with Crippen LogP contribution in [0.4, 0.5) is 0 Å². The summed E-state index contributed by atoms with van der Waals surface area (Å²) in [6, 6.07) is 8.82. The molecule has 7 nitrogen and oxygen atoms in total. The monoisotopic (exact) mass is 527 g/mol. The van der Waals surface area contributed by atoms with Gasteiger partial charge in [-0.05, 0) is 50.1 Å². The predicted octanol–water partition coefficient (Wildman–Crippen LogP) is 4.66. The normalized spacial score (nSPS) is 15.4. The predicted molar refractivity (Wildman–Crippen MR) is 137 cm³/mol. The maximum Gasteiger partial charge on any atom is 0.254 e. The molecule has 0 radical (unpaired) electrons. The number of carbonyl (C=O) groups excluding carboxylic acids is 1. The number of hydrogen-bond donors (Lipinski definition) is 2. The smallest absolute Gasteiger partial charge is 0.254 e. The molecular weight excluding hydrogens is 494 g/mol. The van der Waals surface area contributed by atoms with Crippen LogP contribution in [0, 0.1) is 0 Å². The number of benzene rings is 1. The molecule has 0 bridgehead atoms. The van der Waals surface area contributed by atoms with Gasteiger partial charge in [-0.2, -0.15) is 4.31 Å². The van der Waals surface area contributed by atoms with E-state index in [0.29, 0.717) is 35.3 Å². The van der Waals surface area contributed by atoms with Crippen LogP contribution in [-0.4, -0.2) is 51.4 Å². The van der Waals surface area contributed by atoms with Crippen LogP contribution in [0.15, 0.2) is 34.5 Å². The summed E-state index contributed by atoms with van der Waals surface area (Å²) in [6.07, 6.45) is 6.45. The number of unbranched alkanes of at least 4 members (excludes halogenated alkanes) is 3. The van der Waals surface area contributed by atoms with Crippen LogP contribution in [0.1, 0.15) is 60.7 Å². The first-order valence-corrected chi connectivity index (χ1v) is 14.4. The molecule has 1 aliphatic rings. The molecule has 10 heteroatoms. The minimum absolute atomic E-state index is 0.144. The van der Waals surface area contributed by atoms with Crippen LogP contribution in [0.5, 0.6) is 5.75 Å². The number of carbonyl (C=O) groups is 1. The maximum absolute atomic E-state index is 13.2. The third kappa shape index (κ3) is 7.18. The van der Waals surface area contributed by atoms with Crippen molar-refractivity contribution in [2.45, 2.75) is 62.2 Å². The number of methoxy groups -OCH3 is 1. The largest absolute Gasteiger partial charge is 0.497 e. The van der Waals surface area contributed by atoms with E-state index in [-0.39, 0.29) is 21.7 Å². The molecule has 1 aromatic heterocycles. The Hall–Kier alpha value is -1.65. The summed E-state index contributed by atoms with van der Waals surface area (Å²) in [5.41, 5.74) is 0.469. The first kappa shape index (κ1) is 26.9. The zero-order valence-corrected chi connectivity index (χ0v) is 22.2. The van der Waals surface area contributed by atoms with Crippen LogP contribution in [0.25, 0.3) is 0 Å². The Morgan fingerprint density at radius 1 is 1.21 bits per heavy atom. The molecule has 0 unspecified atom stereocenters. The highest BCUT2D eigenvalue weighted by Crippen LogP contribution is 2.34. The summed E-state index contributed by atoms with van der Waals surface area (Å²) in [7, 11) is -2.12. The van der Waals surface area contributed by atoms with Crippen molar-refractivity contribution < 1.29 is 17.9 Å². The lowest BCUT2D eigenvalue weighted by Gasteiger charge is -2.31. The highest BCUT2D eigenvalue weighted by molar-refractivity contribution is 7.91. The van der Waals surface area contributed by atoms with E-state index in [0.717, 1.165) is 37.1 Å². The summed E-state index contributed by atoms with van der Waals surface area (Å²) in [4.78, 5) is 13.1. The highest BCUT2D eigenvalue weighted by atomic mass is 35.5. The van der Waals surface area contributed by atoms with Crippen molar-refractivity contribution in [2.24, 2.45) is 0 Å². The molecule has 0 aliphatic carbocycles. The van der Waals surface area contributed by atoms with Gasteiger partial charge < -0.3 is 15.4 Å². The Morgan fingerprint density at radius 3 is 2.68 bits per heavy atom. The topological polar surface area (TPSA) is 87.7 Å². The van der Waals surface area contributed by atoms with Gasteiger partial charge >= 0.3 is 0 Å². The lowest BCUT2D eigenvalue weighted by Crippen LogP contribution is -2.44. The average molecular weight is 528 g/mol. The third-order valence-electron chi connectivity index (χ3n) is 5.95. The van der Waals surface area contributed by atoms with Gasteiger partial charge in [-0.25, -0.2) is 8.42 Å². The molecule has 2 N–H and O–H groups in total. The number of hydrogen-bond acceptors (Lipinski definition) is 6. The third-order valence-corrected chi connectivity index (χ3v) is 10.0. The van der Waals surface area contributed by atoms with E-state index in [4.69, 9.17) is 16.3 Å². The number of amides is 1. The minimum atomic E-state index is -3.66. The second kappa shape index (κ2) is 12.9. The van der Waals surface area contributed by atoms with E-state index in [1.54, 1.807) is 37.4 Å². The van der Waals surface area contributed by atoms with Crippen molar-refractivity contribution in [3.8, 4) is 5.75 Å². The van der Waals surface area contributed by atoms with Crippen molar-refractivity contribution in [1.82, 2.24) is 14.9 Å². The van der Waals surface area contributed by atoms with Crippen LogP contribution in [-0.2, 0) is 16.6 Å². The fourth-order valence-corrected chi connectivity index (χ4v) is 7.58. The summed E-state index contributed by atoms with van der Waals surface area (Å²) in [6.45, 7) is 4.33. The number of halogens is 1. The zero-order chi connectivity index (χ0) is 24.6. The van der Waals surface area contributed by atoms with Crippen molar-refractivity contribution >= 4 is 38.9 Å². The highest BCUT2D eigenvalue weighted by Gasteiger charge is 2.32. The van der Waals surface area contributed by atoms with E-state index in [2.05, 4.69) is 17.6 Å². The molecule has 1 aromatic carbocycles. The molecule has 1 fully saturated rings. The molecule has 2 heterocycles. The minimum Gasteiger partial charge on any atom is -0.497 e. The Balaban J connectivity index is 1.54. The van der Waals surface area contributed by atoms with Crippen molar-refractivity contribution in [2.75, 3.05) is 26.7 Å². The standard InChI is InChI=1S/C24H34ClN3O4S2/c1-3-4-5-6-12-26-19-10-13-28(14-11-19)34(30,31)24-22(25)16-21(33-24)17-27-23(29)18-8-7-9-20(15-18)32-2/h7-9,15-16,19,26H,3-6,10-14,17H2,1-2H3,(H,27,29). The van der Waals surface area contributed by atoms with Crippen LogP contribution < -0.4 is 15.4 Å². The van der Waals surface area contributed by atoms with Gasteiger partial charge in [-0.15, -0.1) is 11.3 Å². The summed E-state index contributed by atoms with van der Waals surface area (Å²) in [5, 5.41) is 6.58. The van der Waals surface area contributed by atoms with Gasteiger partial charge in [0.05, 0.1) is 18.7 Å². The van der Waals surface area contributed by atoms with Crippen LogP contribution >= 0.6 is 22.9 Å². The SMILES string of the molecule is CCCCCCNC1CCN(S(=O)(=O)c2sc(CNC(=O)c3cccc(OC)c3)cc2Cl)CC1. The molecular formula is C24H34ClN3O4S2. The Bertz CT molecular complexity index is 1050. The van der Waals surface area contributed by atoms with Crippen molar-refractivity contribution in [3.63, 3.8) is 0 Å². The van der Waals surface area contributed by atoms with E-state index in [9.17, 15) is 13.2 Å². The summed E-state index contributed by atoms with van der Waals surface area (Å²) in [5.74, 6) is 0.327. The molecule has 1 aliphatic heterocycles. The average Bonchev–Trinajstić information content (AvgIpc) is 3.24. The Labute approximate surface area is 211 Å². The molecule has 0 saturated carbocycles. The van der Waals surface area contributed by atoms with Gasteiger partial charge in [0.15, 0.2) is 4.21 Å². The zero-order valence-electron chi connectivity index (χ0n) is 19.8. The molecule has 0 spiro atoms. The van der Waals surface area contributed by atoms with Crippen molar-refractivity contribution in [3.05, 3.63) is 45.8 Å². The van der Waals surface area contributed by atoms with Crippen molar-refractivity contribution in [1.29, 1.82) is 0 Å². The second-order valence-corrected chi connectivity index (χ2v) is 12.1. The maximum atomic E-state index is 13.2. The Kier molecular flexibility index (Phi) is 10.2. The van der Waals surface area contributed by atoms with Gasteiger partial charge in [0.25, 0.3) is 15.9 Å². The number of thiophene rings is 1. The number of piperidine rings is 1. The lowest BCUT2D eigenvalue weighted by molar-refractivity contribution is 0.0951. The number of nitrogens with one attached hydrogen (secondary N) is 2. The molecule has 3 rings (SSSR count). The first-order chi connectivity index (χ1) is 16.3. The number of rotatable bonds is 12. The molecule has 0 atom stereocenters. The quantitative estimate of drug-likeness (QED) is 0.392. The van der Waals surface area contributed by atoms with Gasteiger partial charge in [0.1, 0.15) is 5.75 Å². The summed E-state index contributed by atoms with van der Waals surface area (Å²) < 4.78 is 33.3. The van der Waals surface area contributed by atoms with E-state index in [1.165, 1.54) is 23.6 Å². The number of nitrogens with zero attached hydrogens (tertiary/aromatic N) is 1. The van der Waals surface area contributed by atoms with Gasteiger partial charge in [-0.1, -0.05) is 43.9 Å². The lowest BCUT2D eigenvalue weighted by atomic mass is 10.1. The fraction of sp³-hybridized carbons (Fsp3) is 0.542. The van der Waals surface area contributed by atoms with Gasteiger partial charge in [-0.3, -0.25) is 4.79 Å².